The SMILES string of the molecule is Nc1nc(-c2ccccc2)c(N)o1. The molecule has 0 aliphatic carbocycles. The molecule has 0 saturated heterocycles. The van der Waals surface area contributed by atoms with Gasteiger partial charge in [-0.25, -0.2) is 0 Å². The topological polar surface area (TPSA) is 78.1 Å². The number of rotatable bonds is 1. The molecule has 0 atom stereocenters. The molecule has 2 rings (SSSR count). The second-order valence-corrected chi connectivity index (χ2v) is 2.63. The highest BCUT2D eigenvalue weighted by Crippen LogP contribution is 2.26. The molecular weight excluding hydrogens is 166 g/mol. The third-order valence-electron chi connectivity index (χ3n) is 1.72. The van der Waals surface area contributed by atoms with Crippen molar-refractivity contribution >= 4 is 11.9 Å². The summed E-state index contributed by atoms with van der Waals surface area (Å²) in [4.78, 5) is 3.97. The van der Waals surface area contributed by atoms with Crippen molar-refractivity contribution in [3.63, 3.8) is 0 Å². The van der Waals surface area contributed by atoms with Gasteiger partial charge in [0.2, 0.25) is 5.88 Å². The molecule has 13 heavy (non-hydrogen) atoms. The van der Waals surface area contributed by atoms with Crippen molar-refractivity contribution < 1.29 is 4.42 Å². The summed E-state index contributed by atoms with van der Waals surface area (Å²) in [5.41, 5.74) is 12.4. The van der Waals surface area contributed by atoms with Gasteiger partial charge in [0, 0.05) is 5.56 Å². The van der Waals surface area contributed by atoms with E-state index in [0.29, 0.717) is 5.69 Å². The highest BCUT2D eigenvalue weighted by Gasteiger charge is 2.09. The minimum absolute atomic E-state index is 0.0938. The Morgan fingerprint density at radius 1 is 1.08 bits per heavy atom. The van der Waals surface area contributed by atoms with E-state index in [1.165, 1.54) is 0 Å². The van der Waals surface area contributed by atoms with Gasteiger partial charge < -0.3 is 15.9 Å². The summed E-state index contributed by atoms with van der Waals surface area (Å²) >= 11 is 0. The highest BCUT2D eigenvalue weighted by molar-refractivity contribution is 5.69. The maximum atomic E-state index is 5.56. The molecule has 1 heterocycles. The quantitative estimate of drug-likeness (QED) is 0.688. The van der Waals surface area contributed by atoms with Gasteiger partial charge in [-0.2, -0.15) is 4.98 Å². The maximum absolute atomic E-state index is 5.56. The lowest BCUT2D eigenvalue weighted by atomic mass is 10.2. The van der Waals surface area contributed by atoms with Crippen LogP contribution in [0, 0.1) is 0 Å². The van der Waals surface area contributed by atoms with Gasteiger partial charge in [0.15, 0.2) is 0 Å². The Bertz CT molecular complexity index is 408. The monoisotopic (exact) mass is 175 g/mol. The van der Waals surface area contributed by atoms with Gasteiger partial charge >= 0.3 is 0 Å². The second kappa shape index (κ2) is 2.82. The van der Waals surface area contributed by atoms with Crippen LogP contribution in [0.4, 0.5) is 11.9 Å². The van der Waals surface area contributed by atoms with Crippen LogP contribution in [0.1, 0.15) is 0 Å². The molecule has 0 amide bonds. The van der Waals surface area contributed by atoms with Crippen LogP contribution in [0.15, 0.2) is 34.7 Å². The van der Waals surface area contributed by atoms with E-state index in [2.05, 4.69) is 4.98 Å². The van der Waals surface area contributed by atoms with Gasteiger partial charge in [-0.05, 0) is 0 Å². The Labute approximate surface area is 75.2 Å². The first-order valence-electron chi connectivity index (χ1n) is 3.84. The standard InChI is InChI=1S/C9H9N3O/c10-8-7(12-9(11)13-8)6-4-2-1-3-5-6/h1-5H,10H2,(H2,11,12). The van der Waals surface area contributed by atoms with Crippen LogP contribution in [-0.4, -0.2) is 4.98 Å². The maximum Gasteiger partial charge on any atom is 0.294 e. The fraction of sp³-hybridized carbons (Fsp3) is 0. The van der Waals surface area contributed by atoms with E-state index in [0.717, 1.165) is 5.56 Å². The molecule has 1 aromatic heterocycles. The zero-order valence-electron chi connectivity index (χ0n) is 6.90. The molecule has 0 bridgehead atoms. The molecule has 0 radical (unpaired) electrons. The number of hydrogen-bond acceptors (Lipinski definition) is 4. The zero-order valence-corrected chi connectivity index (χ0v) is 6.90. The van der Waals surface area contributed by atoms with Crippen LogP contribution >= 0.6 is 0 Å². The van der Waals surface area contributed by atoms with Gasteiger partial charge in [-0.15, -0.1) is 0 Å². The second-order valence-electron chi connectivity index (χ2n) is 2.63. The molecule has 0 aliphatic heterocycles. The predicted molar refractivity (Wildman–Crippen MR) is 50.8 cm³/mol. The smallest absolute Gasteiger partial charge is 0.294 e. The Balaban J connectivity index is 2.53. The number of oxazole rings is 1. The minimum atomic E-state index is 0.0938. The molecule has 0 aliphatic rings. The lowest BCUT2D eigenvalue weighted by Gasteiger charge is -1.94. The van der Waals surface area contributed by atoms with E-state index in [1.807, 2.05) is 30.3 Å². The van der Waals surface area contributed by atoms with Crippen LogP contribution in [-0.2, 0) is 0 Å². The van der Waals surface area contributed by atoms with Gasteiger partial charge in [-0.3, -0.25) is 0 Å². The van der Waals surface area contributed by atoms with E-state index in [-0.39, 0.29) is 11.9 Å². The number of benzene rings is 1. The number of hydrogen-bond donors (Lipinski definition) is 2. The zero-order chi connectivity index (χ0) is 9.26. The molecule has 0 unspecified atom stereocenters. The highest BCUT2D eigenvalue weighted by atomic mass is 16.4. The summed E-state index contributed by atoms with van der Waals surface area (Å²) in [5.74, 6) is 0.253. The van der Waals surface area contributed by atoms with Crippen LogP contribution in [0.5, 0.6) is 0 Å². The molecule has 0 spiro atoms. The number of nitrogens with two attached hydrogens (primary N) is 2. The van der Waals surface area contributed by atoms with Crippen molar-refractivity contribution in [3.8, 4) is 11.3 Å². The van der Waals surface area contributed by atoms with Crippen molar-refractivity contribution in [2.24, 2.45) is 0 Å². The van der Waals surface area contributed by atoms with Gasteiger partial charge in [0.1, 0.15) is 5.69 Å². The van der Waals surface area contributed by atoms with Crippen LogP contribution in [0.2, 0.25) is 0 Å². The lowest BCUT2D eigenvalue weighted by Crippen LogP contribution is -1.86. The first-order valence-corrected chi connectivity index (χ1v) is 3.84. The van der Waals surface area contributed by atoms with Crippen molar-refractivity contribution in [3.05, 3.63) is 30.3 Å². The Morgan fingerprint density at radius 2 is 1.77 bits per heavy atom. The van der Waals surface area contributed by atoms with E-state index in [9.17, 15) is 0 Å². The van der Waals surface area contributed by atoms with Crippen molar-refractivity contribution in [2.45, 2.75) is 0 Å². The Hall–Kier alpha value is -1.97. The molecule has 2 aromatic rings. The first-order chi connectivity index (χ1) is 6.27. The summed E-state index contributed by atoms with van der Waals surface area (Å²) in [6.07, 6.45) is 0. The molecule has 1 aromatic carbocycles. The molecule has 66 valence electrons. The summed E-state index contributed by atoms with van der Waals surface area (Å²) < 4.78 is 4.91. The fourth-order valence-corrected chi connectivity index (χ4v) is 1.15. The van der Waals surface area contributed by atoms with Crippen molar-refractivity contribution in [2.75, 3.05) is 11.5 Å². The third-order valence-corrected chi connectivity index (χ3v) is 1.72. The van der Waals surface area contributed by atoms with Crippen molar-refractivity contribution in [1.29, 1.82) is 0 Å². The average Bonchev–Trinajstić information content (AvgIpc) is 2.47. The fourth-order valence-electron chi connectivity index (χ4n) is 1.15. The molecular formula is C9H9N3O. The van der Waals surface area contributed by atoms with Crippen molar-refractivity contribution in [1.82, 2.24) is 4.98 Å². The lowest BCUT2D eigenvalue weighted by molar-refractivity contribution is 0.600. The van der Waals surface area contributed by atoms with E-state index < -0.39 is 0 Å². The number of aromatic nitrogens is 1. The Kier molecular flexibility index (Phi) is 1.66. The van der Waals surface area contributed by atoms with E-state index in [4.69, 9.17) is 15.9 Å². The number of nitrogen functional groups attached to an aromatic ring is 2. The largest absolute Gasteiger partial charge is 0.407 e. The predicted octanol–water partition coefficient (Wildman–Crippen LogP) is 1.51. The van der Waals surface area contributed by atoms with Gasteiger partial charge in [0.05, 0.1) is 0 Å². The summed E-state index contributed by atoms with van der Waals surface area (Å²) in [6.45, 7) is 0. The van der Waals surface area contributed by atoms with Crippen LogP contribution in [0.25, 0.3) is 11.3 Å². The van der Waals surface area contributed by atoms with E-state index >= 15 is 0 Å². The van der Waals surface area contributed by atoms with E-state index in [1.54, 1.807) is 0 Å². The molecule has 0 saturated carbocycles. The molecule has 4 nitrogen and oxygen atoms in total. The van der Waals surface area contributed by atoms with Gasteiger partial charge in [-0.1, -0.05) is 30.3 Å². The molecule has 4 N–H and O–H groups in total. The summed E-state index contributed by atoms with van der Waals surface area (Å²) in [5, 5.41) is 0. The summed E-state index contributed by atoms with van der Waals surface area (Å²) in [7, 11) is 0. The minimum Gasteiger partial charge on any atom is -0.407 e. The normalized spacial score (nSPS) is 10.2. The number of nitrogens with zero attached hydrogens (tertiary/aromatic N) is 1. The average molecular weight is 175 g/mol. The molecule has 4 heteroatoms. The summed E-state index contributed by atoms with van der Waals surface area (Å²) in [6, 6.07) is 9.61. The number of anilines is 2. The van der Waals surface area contributed by atoms with Crippen LogP contribution in [0.3, 0.4) is 0 Å². The Morgan fingerprint density at radius 3 is 2.31 bits per heavy atom. The third kappa shape index (κ3) is 1.33. The van der Waals surface area contributed by atoms with Gasteiger partial charge in [0.25, 0.3) is 6.01 Å². The van der Waals surface area contributed by atoms with Crippen LogP contribution < -0.4 is 11.5 Å². The molecule has 0 fully saturated rings. The first kappa shape index (κ1) is 7.67.